The van der Waals surface area contributed by atoms with Crippen molar-refractivity contribution in [2.24, 2.45) is 5.92 Å². The Bertz CT molecular complexity index is 309. The molecule has 0 N–H and O–H groups in total. The van der Waals surface area contributed by atoms with E-state index >= 15 is 0 Å². The molecule has 1 aliphatic carbocycles. The van der Waals surface area contributed by atoms with Crippen LogP contribution in [0.3, 0.4) is 0 Å². The molecule has 4 heteroatoms. The Morgan fingerprint density at radius 2 is 2.25 bits per heavy atom. The molecule has 0 aromatic heterocycles. The highest BCUT2D eigenvalue weighted by atomic mass is 16.6. The van der Waals surface area contributed by atoms with Crippen LogP contribution in [0.25, 0.3) is 0 Å². The van der Waals surface area contributed by atoms with Gasteiger partial charge in [-0.15, -0.1) is 0 Å². The fourth-order valence-corrected chi connectivity index (χ4v) is 2.41. The summed E-state index contributed by atoms with van der Waals surface area (Å²) in [6, 6.07) is -0.663. The Kier molecular flexibility index (Phi) is 4.65. The lowest BCUT2D eigenvalue weighted by molar-refractivity contribution is -0.521. The number of hydrogen-bond acceptors (Lipinski definition) is 3. The number of rotatable bonds is 5. The highest BCUT2D eigenvalue weighted by Gasteiger charge is 2.32. The number of hydrogen-bond donors (Lipinski definition) is 0. The van der Waals surface area contributed by atoms with E-state index in [1.54, 1.807) is 6.92 Å². The molecule has 0 aromatic rings. The maximum absolute atomic E-state index is 11.1. The molecule has 0 unspecified atom stereocenters. The van der Waals surface area contributed by atoms with Gasteiger partial charge < -0.3 is 4.79 Å². The van der Waals surface area contributed by atoms with Crippen LogP contribution in [0.5, 0.6) is 0 Å². The van der Waals surface area contributed by atoms with Crippen molar-refractivity contribution in [3.05, 3.63) is 21.8 Å². The molecule has 4 nitrogen and oxygen atoms in total. The first kappa shape index (κ1) is 12.9. The molecule has 0 bridgehead atoms. The van der Waals surface area contributed by atoms with Gasteiger partial charge in [-0.3, -0.25) is 10.1 Å². The maximum Gasteiger partial charge on any atom is 0.237 e. The lowest BCUT2D eigenvalue weighted by atomic mass is 9.85. The molecule has 0 amide bonds. The quantitative estimate of drug-likeness (QED) is 0.410. The molecule has 2 atom stereocenters. The van der Waals surface area contributed by atoms with Crippen molar-refractivity contribution in [1.29, 1.82) is 0 Å². The van der Waals surface area contributed by atoms with Gasteiger partial charge in [0, 0.05) is 17.3 Å². The van der Waals surface area contributed by atoms with Crippen LogP contribution in [0.2, 0.25) is 0 Å². The zero-order valence-electron chi connectivity index (χ0n) is 9.94. The highest BCUT2D eigenvalue weighted by Crippen LogP contribution is 2.27. The van der Waals surface area contributed by atoms with Crippen molar-refractivity contribution in [3.8, 4) is 0 Å². The zero-order valence-corrected chi connectivity index (χ0v) is 9.94. The molecule has 0 radical (unpaired) electrons. The second-order valence-electron chi connectivity index (χ2n) is 4.64. The van der Waals surface area contributed by atoms with Gasteiger partial charge in [0.1, 0.15) is 5.78 Å². The first-order chi connectivity index (χ1) is 7.52. The van der Waals surface area contributed by atoms with E-state index in [1.807, 2.05) is 6.08 Å². The van der Waals surface area contributed by atoms with Gasteiger partial charge in [-0.25, -0.2) is 0 Å². The molecule has 0 fully saturated rings. The Labute approximate surface area is 95.9 Å². The minimum Gasteiger partial charge on any atom is -0.300 e. The van der Waals surface area contributed by atoms with E-state index in [0.29, 0.717) is 6.42 Å². The number of ketones is 1. The Hall–Kier alpha value is -1.19. The molecular weight excluding hydrogens is 206 g/mol. The standard InChI is InChI=1S/C12H19NO3/c1-9(8-10(2)14)12(13(15)16)11-6-4-3-5-7-11/h6,9,12H,3-5,7-8H2,1-2H3/t9-,12+/m0/s1. The summed E-state index contributed by atoms with van der Waals surface area (Å²) >= 11 is 0. The van der Waals surface area contributed by atoms with E-state index in [4.69, 9.17) is 0 Å². The van der Waals surface area contributed by atoms with Gasteiger partial charge in [-0.05, 0) is 38.2 Å². The number of nitro groups is 1. The number of nitrogens with zero attached hydrogens (tertiary/aromatic N) is 1. The summed E-state index contributed by atoms with van der Waals surface area (Å²) in [7, 11) is 0. The summed E-state index contributed by atoms with van der Waals surface area (Å²) in [6.45, 7) is 3.28. The van der Waals surface area contributed by atoms with E-state index in [9.17, 15) is 14.9 Å². The number of carbonyl (C=O) groups excluding carboxylic acids is 1. The first-order valence-corrected chi connectivity index (χ1v) is 5.84. The summed E-state index contributed by atoms with van der Waals surface area (Å²) in [4.78, 5) is 21.9. The number of Topliss-reactive ketones (excluding diaryl/α,β-unsaturated/α-hetero) is 1. The fourth-order valence-electron chi connectivity index (χ4n) is 2.41. The van der Waals surface area contributed by atoms with E-state index in [-0.39, 0.29) is 16.6 Å². The van der Waals surface area contributed by atoms with E-state index in [2.05, 4.69) is 0 Å². The molecule has 16 heavy (non-hydrogen) atoms. The monoisotopic (exact) mass is 225 g/mol. The largest absolute Gasteiger partial charge is 0.300 e. The van der Waals surface area contributed by atoms with Gasteiger partial charge in [0.05, 0.1) is 0 Å². The average molecular weight is 225 g/mol. The van der Waals surface area contributed by atoms with Crippen molar-refractivity contribution in [3.63, 3.8) is 0 Å². The van der Waals surface area contributed by atoms with Gasteiger partial charge in [0.25, 0.3) is 0 Å². The maximum atomic E-state index is 11.1. The van der Waals surface area contributed by atoms with Gasteiger partial charge in [0.15, 0.2) is 0 Å². The third kappa shape index (κ3) is 3.43. The molecule has 0 heterocycles. The Balaban J connectivity index is 2.77. The predicted molar refractivity (Wildman–Crippen MR) is 61.8 cm³/mol. The van der Waals surface area contributed by atoms with Crippen LogP contribution < -0.4 is 0 Å². The molecule has 0 saturated heterocycles. The molecule has 90 valence electrons. The minimum atomic E-state index is -0.663. The van der Waals surface area contributed by atoms with Crippen molar-refractivity contribution < 1.29 is 9.72 Å². The Morgan fingerprint density at radius 3 is 2.69 bits per heavy atom. The summed E-state index contributed by atoms with van der Waals surface area (Å²) in [5, 5.41) is 11.1. The van der Waals surface area contributed by atoms with Gasteiger partial charge >= 0.3 is 0 Å². The van der Waals surface area contributed by atoms with Gasteiger partial charge in [-0.1, -0.05) is 13.0 Å². The molecule has 1 aliphatic rings. The van der Waals surface area contributed by atoms with Crippen molar-refractivity contribution in [1.82, 2.24) is 0 Å². The normalized spacial score (nSPS) is 19.8. The summed E-state index contributed by atoms with van der Waals surface area (Å²) in [5.74, 6) is -0.174. The van der Waals surface area contributed by atoms with E-state index in [0.717, 1.165) is 31.3 Å². The summed E-state index contributed by atoms with van der Waals surface area (Å²) in [5.41, 5.74) is 0.921. The van der Waals surface area contributed by atoms with Crippen LogP contribution in [0.4, 0.5) is 0 Å². The molecule has 0 aliphatic heterocycles. The molecule has 0 saturated carbocycles. The zero-order chi connectivity index (χ0) is 12.1. The third-order valence-corrected chi connectivity index (χ3v) is 3.08. The number of allylic oxidation sites excluding steroid dienone is 1. The predicted octanol–water partition coefficient (Wildman–Crippen LogP) is 2.75. The second-order valence-corrected chi connectivity index (χ2v) is 4.64. The fraction of sp³-hybridized carbons (Fsp3) is 0.750. The SMILES string of the molecule is CC(=O)C[C@H](C)[C@H](C1=CCCCC1)[N+](=O)[O-]. The van der Waals surface area contributed by atoms with Crippen LogP contribution in [-0.4, -0.2) is 16.7 Å². The first-order valence-electron chi connectivity index (χ1n) is 5.84. The highest BCUT2D eigenvalue weighted by molar-refractivity contribution is 5.75. The smallest absolute Gasteiger partial charge is 0.237 e. The molecule has 0 aromatic carbocycles. The summed E-state index contributed by atoms with van der Waals surface area (Å²) < 4.78 is 0. The second kappa shape index (κ2) is 5.77. The molecular formula is C12H19NO3. The molecule has 1 rings (SSSR count). The van der Waals surface area contributed by atoms with Crippen LogP contribution in [0.15, 0.2) is 11.6 Å². The van der Waals surface area contributed by atoms with Gasteiger partial charge in [0.2, 0.25) is 6.04 Å². The van der Waals surface area contributed by atoms with Crippen LogP contribution in [0.1, 0.15) is 46.0 Å². The van der Waals surface area contributed by atoms with Crippen LogP contribution >= 0.6 is 0 Å². The third-order valence-electron chi connectivity index (χ3n) is 3.08. The van der Waals surface area contributed by atoms with Crippen molar-refractivity contribution in [2.75, 3.05) is 0 Å². The molecule has 0 spiro atoms. The van der Waals surface area contributed by atoms with Crippen LogP contribution in [-0.2, 0) is 4.79 Å². The van der Waals surface area contributed by atoms with Crippen molar-refractivity contribution in [2.45, 2.75) is 52.0 Å². The average Bonchev–Trinajstić information content (AvgIpc) is 2.17. The van der Waals surface area contributed by atoms with E-state index in [1.165, 1.54) is 6.92 Å². The van der Waals surface area contributed by atoms with Crippen molar-refractivity contribution >= 4 is 5.78 Å². The summed E-state index contributed by atoms with van der Waals surface area (Å²) in [6.07, 6.45) is 6.19. The topological polar surface area (TPSA) is 60.2 Å². The minimum absolute atomic E-state index is 0.0239. The number of carbonyl (C=O) groups is 1. The lowest BCUT2D eigenvalue weighted by Crippen LogP contribution is -2.31. The van der Waals surface area contributed by atoms with E-state index < -0.39 is 6.04 Å². The Morgan fingerprint density at radius 1 is 1.56 bits per heavy atom. The lowest BCUT2D eigenvalue weighted by Gasteiger charge is -2.21. The van der Waals surface area contributed by atoms with Crippen LogP contribution in [0, 0.1) is 16.0 Å². The van der Waals surface area contributed by atoms with Gasteiger partial charge in [-0.2, -0.15) is 0 Å².